The van der Waals surface area contributed by atoms with Crippen molar-refractivity contribution in [2.24, 2.45) is 0 Å². The van der Waals surface area contributed by atoms with E-state index >= 15 is 0 Å². The fourth-order valence-corrected chi connectivity index (χ4v) is 4.35. The number of hydrogen-bond acceptors (Lipinski definition) is 7. The zero-order valence-corrected chi connectivity index (χ0v) is 22.6. The first-order valence-corrected chi connectivity index (χ1v) is 12.9. The highest BCUT2D eigenvalue weighted by molar-refractivity contribution is 6.01. The number of nitrogen functional groups attached to an aromatic ring is 1. The number of amides is 3. The van der Waals surface area contributed by atoms with Crippen molar-refractivity contribution >= 4 is 40.2 Å². The number of hydrogen-bond donors (Lipinski definition) is 4. The lowest BCUT2D eigenvalue weighted by molar-refractivity contribution is -0.120. The van der Waals surface area contributed by atoms with Crippen LogP contribution in [-0.4, -0.2) is 63.8 Å². The zero-order valence-electron chi connectivity index (χ0n) is 22.6. The van der Waals surface area contributed by atoms with Gasteiger partial charge in [0, 0.05) is 37.0 Å². The average Bonchev–Trinajstić information content (AvgIpc) is 3.29. The second kappa shape index (κ2) is 12.8. The molecule has 2 aromatic heterocycles. The molecule has 0 atom stereocenters. The van der Waals surface area contributed by atoms with Crippen LogP contribution in [0.4, 0.5) is 22.0 Å². The Morgan fingerprint density at radius 2 is 1.74 bits per heavy atom. The van der Waals surface area contributed by atoms with Crippen LogP contribution in [0.25, 0.3) is 22.3 Å². The zero-order chi connectivity index (χ0) is 27.8. The van der Waals surface area contributed by atoms with Crippen molar-refractivity contribution in [2.45, 2.75) is 32.7 Å². The standard InChI is InChI=1S/C28H35N9O2/c1-19-7-4-8-22(17-19)34-28(39)33-21-12-10-20(11-13-21)25-24-26(29)31-18-32-27(24)37(35-25)16-6-15-36(3)14-5-9-23(38)30-2/h4,7-8,10-13,17-18H,5-6,9,14-16H2,1-3H3,(H,30,38)(H2,29,31,32)(H2,33,34,39). The molecule has 0 aliphatic rings. The van der Waals surface area contributed by atoms with Gasteiger partial charge in [0.05, 0.1) is 5.39 Å². The minimum Gasteiger partial charge on any atom is -0.383 e. The van der Waals surface area contributed by atoms with Crippen molar-refractivity contribution in [1.29, 1.82) is 0 Å². The number of urea groups is 1. The van der Waals surface area contributed by atoms with Gasteiger partial charge in [0.15, 0.2) is 5.65 Å². The lowest BCUT2D eigenvalue weighted by atomic mass is 10.1. The monoisotopic (exact) mass is 529 g/mol. The topological polar surface area (TPSA) is 143 Å². The van der Waals surface area contributed by atoms with Crippen molar-refractivity contribution in [3.8, 4) is 11.3 Å². The van der Waals surface area contributed by atoms with E-state index in [1.165, 1.54) is 6.33 Å². The minimum absolute atomic E-state index is 0.0607. The first kappa shape index (κ1) is 27.5. The molecule has 11 heteroatoms. The molecule has 0 aliphatic carbocycles. The van der Waals surface area contributed by atoms with Crippen LogP contribution in [0.1, 0.15) is 24.8 Å². The molecular formula is C28H35N9O2. The molecule has 39 heavy (non-hydrogen) atoms. The average molecular weight is 530 g/mol. The van der Waals surface area contributed by atoms with Crippen molar-refractivity contribution in [1.82, 2.24) is 30.0 Å². The maximum atomic E-state index is 12.4. The normalized spacial score (nSPS) is 11.1. The van der Waals surface area contributed by atoms with Crippen molar-refractivity contribution in [3.63, 3.8) is 0 Å². The Morgan fingerprint density at radius 3 is 2.49 bits per heavy atom. The van der Waals surface area contributed by atoms with Crippen LogP contribution >= 0.6 is 0 Å². The summed E-state index contributed by atoms with van der Waals surface area (Å²) in [5, 5.41) is 13.9. The molecule has 5 N–H and O–H groups in total. The van der Waals surface area contributed by atoms with Crippen LogP contribution < -0.4 is 21.7 Å². The predicted octanol–water partition coefficient (Wildman–Crippen LogP) is 3.88. The van der Waals surface area contributed by atoms with Crippen LogP contribution in [0.3, 0.4) is 0 Å². The summed E-state index contributed by atoms with van der Waals surface area (Å²) in [6.07, 6.45) is 3.64. The van der Waals surface area contributed by atoms with Crippen LogP contribution in [0.5, 0.6) is 0 Å². The molecule has 4 aromatic rings. The molecule has 11 nitrogen and oxygen atoms in total. The van der Waals surface area contributed by atoms with E-state index in [1.807, 2.05) is 67.2 Å². The quantitative estimate of drug-likeness (QED) is 0.231. The molecule has 0 unspecified atom stereocenters. The summed E-state index contributed by atoms with van der Waals surface area (Å²) in [5.74, 6) is 0.429. The Labute approximate surface area is 227 Å². The molecule has 0 spiro atoms. The molecule has 0 aliphatic heterocycles. The molecule has 2 heterocycles. The third-order valence-corrected chi connectivity index (χ3v) is 6.38. The highest BCUT2D eigenvalue weighted by Gasteiger charge is 2.17. The van der Waals surface area contributed by atoms with Crippen LogP contribution in [0.2, 0.25) is 0 Å². The smallest absolute Gasteiger partial charge is 0.323 e. The van der Waals surface area contributed by atoms with Crippen molar-refractivity contribution < 1.29 is 9.59 Å². The maximum absolute atomic E-state index is 12.4. The van der Waals surface area contributed by atoms with Crippen molar-refractivity contribution in [2.75, 3.05) is 43.6 Å². The molecule has 0 fully saturated rings. The largest absolute Gasteiger partial charge is 0.383 e. The Bertz CT molecular complexity index is 1430. The van der Waals surface area contributed by atoms with Gasteiger partial charge in [-0.3, -0.25) is 4.79 Å². The van der Waals surface area contributed by atoms with Gasteiger partial charge in [-0.25, -0.2) is 19.4 Å². The highest BCUT2D eigenvalue weighted by Crippen LogP contribution is 2.31. The van der Waals surface area contributed by atoms with E-state index < -0.39 is 0 Å². The third kappa shape index (κ3) is 7.29. The van der Waals surface area contributed by atoms with Gasteiger partial charge in [-0.15, -0.1) is 0 Å². The molecule has 204 valence electrons. The molecule has 0 saturated heterocycles. The van der Waals surface area contributed by atoms with E-state index in [2.05, 4.69) is 30.8 Å². The minimum atomic E-state index is -0.320. The van der Waals surface area contributed by atoms with E-state index in [4.69, 9.17) is 10.8 Å². The number of fused-ring (bicyclic) bond motifs is 1. The maximum Gasteiger partial charge on any atom is 0.323 e. The molecule has 0 bridgehead atoms. The fourth-order valence-electron chi connectivity index (χ4n) is 4.35. The third-order valence-electron chi connectivity index (χ3n) is 6.38. The fraction of sp³-hybridized carbons (Fsp3) is 0.321. The molecule has 0 radical (unpaired) electrons. The van der Waals surface area contributed by atoms with Gasteiger partial charge in [-0.2, -0.15) is 5.10 Å². The van der Waals surface area contributed by atoms with Crippen LogP contribution in [-0.2, 0) is 11.3 Å². The van der Waals surface area contributed by atoms with Gasteiger partial charge in [0.1, 0.15) is 17.8 Å². The summed E-state index contributed by atoms with van der Waals surface area (Å²) in [5.41, 5.74) is 10.9. The Kier molecular flexibility index (Phi) is 9.06. The summed E-state index contributed by atoms with van der Waals surface area (Å²) >= 11 is 0. The second-order valence-corrected chi connectivity index (χ2v) is 9.49. The van der Waals surface area contributed by atoms with Crippen LogP contribution in [0.15, 0.2) is 54.9 Å². The number of benzene rings is 2. The summed E-state index contributed by atoms with van der Waals surface area (Å²) in [4.78, 5) is 34.7. The second-order valence-electron chi connectivity index (χ2n) is 9.49. The lowest BCUT2D eigenvalue weighted by Gasteiger charge is -2.16. The predicted molar refractivity (Wildman–Crippen MR) is 154 cm³/mol. The molecule has 4 rings (SSSR count). The van der Waals surface area contributed by atoms with E-state index in [0.717, 1.165) is 42.7 Å². The Morgan fingerprint density at radius 1 is 1.00 bits per heavy atom. The van der Waals surface area contributed by atoms with Gasteiger partial charge in [0.2, 0.25) is 5.91 Å². The number of aromatic nitrogens is 4. The van der Waals surface area contributed by atoms with E-state index in [1.54, 1.807) is 7.05 Å². The van der Waals surface area contributed by atoms with Gasteiger partial charge in [0.25, 0.3) is 0 Å². The number of carbonyl (C=O) groups is 2. The molecule has 2 aromatic carbocycles. The number of rotatable bonds is 11. The summed E-state index contributed by atoms with van der Waals surface area (Å²) in [7, 11) is 3.70. The molecule has 0 saturated carbocycles. The number of nitrogens with zero attached hydrogens (tertiary/aromatic N) is 5. The SMILES string of the molecule is CNC(=O)CCCN(C)CCCn1nc(-c2ccc(NC(=O)Nc3cccc(C)c3)cc2)c2c(N)ncnc21. The van der Waals surface area contributed by atoms with E-state index in [9.17, 15) is 9.59 Å². The van der Waals surface area contributed by atoms with Crippen LogP contribution in [0, 0.1) is 6.92 Å². The van der Waals surface area contributed by atoms with Gasteiger partial charge < -0.3 is 26.6 Å². The summed E-state index contributed by atoms with van der Waals surface area (Å²) in [6, 6.07) is 14.7. The first-order chi connectivity index (χ1) is 18.8. The molecule has 3 amide bonds. The highest BCUT2D eigenvalue weighted by atomic mass is 16.2. The number of carbonyl (C=O) groups excluding carboxylic acids is 2. The Balaban J connectivity index is 1.42. The number of nitrogens with one attached hydrogen (secondary N) is 3. The van der Waals surface area contributed by atoms with Crippen molar-refractivity contribution in [3.05, 3.63) is 60.4 Å². The lowest BCUT2D eigenvalue weighted by Crippen LogP contribution is -2.24. The van der Waals surface area contributed by atoms with Gasteiger partial charge >= 0.3 is 6.03 Å². The number of nitrogens with two attached hydrogens (primary N) is 1. The summed E-state index contributed by atoms with van der Waals surface area (Å²) in [6.45, 7) is 4.33. The number of anilines is 3. The van der Waals surface area contributed by atoms with Gasteiger partial charge in [-0.05, 0) is 69.7 Å². The Hall–Kier alpha value is -4.51. The number of aryl methyl sites for hydroxylation is 2. The summed E-state index contributed by atoms with van der Waals surface area (Å²) < 4.78 is 1.86. The van der Waals surface area contributed by atoms with E-state index in [-0.39, 0.29) is 11.9 Å². The molecular weight excluding hydrogens is 494 g/mol. The van der Waals surface area contributed by atoms with E-state index in [0.29, 0.717) is 41.2 Å². The van der Waals surface area contributed by atoms with Gasteiger partial charge in [-0.1, -0.05) is 24.3 Å². The first-order valence-electron chi connectivity index (χ1n) is 12.9.